The molecular formula is C28H22N4Na2O4S2. The van der Waals surface area contributed by atoms with E-state index in [-0.39, 0.29) is 59.1 Å². The number of benzene rings is 4. The van der Waals surface area contributed by atoms with E-state index < -0.39 is 12.1 Å². The summed E-state index contributed by atoms with van der Waals surface area (Å²) in [5, 5.41) is 10.9. The summed E-state index contributed by atoms with van der Waals surface area (Å²) in [6.07, 6.45) is 3.44. The van der Waals surface area contributed by atoms with Gasteiger partial charge in [0.2, 0.25) is 0 Å². The van der Waals surface area contributed by atoms with Crippen LogP contribution in [0.1, 0.15) is 11.1 Å². The van der Waals surface area contributed by atoms with Gasteiger partial charge in [-0.3, -0.25) is 0 Å². The molecule has 4 aromatic rings. The minimum Gasteiger partial charge on any atom is -0.795 e. The number of hydrogen-bond donors (Lipinski definition) is 4. The number of para-hydroxylation sites is 2. The van der Waals surface area contributed by atoms with Crippen molar-refractivity contribution in [3.05, 3.63) is 108 Å². The van der Waals surface area contributed by atoms with E-state index in [1.54, 1.807) is 72.8 Å². The predicted molar refractivity (Wildman–Crippen MR) is 153 cm³/mol. The maximum atomic E-state index is 12.3. The molecule has 4 rings (SSSR count). The Hall–Kier alpha value is -2.22. The van der Waals surface area contributed by atoms with Crippen LogP contribution in [0.2, 0.25) is 0 Å². The Morgan fingerprint density at radius 2 is 0.875 bits per heavy atom. The van der Waals surface area contributed by atoms with Crippen LogP contribution >= 0.6 is 24.1 Å². The first-order chi connectivity index (χ1) is 18.5. The maximum absolute atomic E-state index is 12.3. The second kappa shape index (κ2) is 17.6. The first-order valence-electron chi connectivity index (χ1n) is 11.4. The summed E-state index contributed by atoms with van der Waals surface area (Å²) in [4.78, 5) is 25.3. The van der Waals surface area contributed by atoms with Crippen LogP contribution in [0.5, 0.6) is 0 Å². The molecule has 8 nitrogen and oxygen atoms in total. The first kappa shape index (κ1) is 34.0. The van der Waals surface area contributed by atoms with Crippen molar-refractivity contribution in [3.8, 4) is 0 Å². The molecular weight excluding hydrogens is 566 g/mol. The molecule has 0 saturated heterocycles. The fourth-order valence-corrected chi connectivity index (χ4v) is 4.27. The minimum atomic E-state index is -0.426. The smallest absolute Gasteiger partial charge is 0.795 e. The van der Waals surface area contributed by atoms with Crippen molar-refractivity contribution in [1.29, 1.82) is 0 Å². The van der Waals surface area contributed by atoms with Gasteiger partial charge < -0.3 is 30.4 Å². The summed E-state index contributed by atoms with van der Waals surface area (Å²) >= 11 is 0.603. The third kappa shape index (κ3) is 10.3. The number of anilines is 4. The van der Waals surface area contributed by atoms with E-state index >= 15 is 0 Å². The number of carbonyl (C=O) groups excluding carboxylic acids is 2. The SMILES string of the molecule is O=C(Nc1ccccc1)Nc1ccc(/C=C/c2ccc(NC(=O)Nc3ccccc3)cc2S[O-])c(S[O-])c1.[Na+].[Na+]. The largest absolute Gasteiger partial charge is 1.00 e. The van der Waals surface area contributed by atoms with E-state index in [0.29, 0.717) is 67.8 Å². The molecule has 4 aromatic carbocycles. The van der Waals surface area contributed by atoms with E-state index in [1.807, 2.05) is 36.4 Å². The van der Waals surface area contributed by atoms with Crippen molar-refractivity contribution < 1.29 is 77.8 Å². The van der Waals surface area contributed by atoms with Gasteiger partial charge >= 0.3 is 71.2 Å². The second-order valence-corrected chi connectivity index (χ2v) is 9.11. The molecule has 192 valence electrons. The Kier molecular flexibility index (Phi) is 14.9. The van der Waals surface area contributed by atoms with Crippen LogP contribution in [-0.4, -0.2) is 21.2 Å². The van der Waals surface area contributed by atoms with Gasteiger partial charge in [0.25, 0.3) is 0 Å². The average Bonchev–Trinajstić information content (AvgIpc) is 2.93. The number of hydrogen-bond acceptors (Lipinski definition) is 6. The summed E-state index contributed by atoms with van der Waals surface area (Å²) in [5.74, 6) is 0. The van der Waals surface area contributed by atoms with Crippen molar-refractivity contribution in [1.82, 2.24) is 0 Å². The third-order valence-corrected chi connectivity index (χ3v) is 6.29. The molecule has 0 radical (unpaired) electrons. The van der Waals surface area contributed by atoms with Crippen LogP contribution in [0.15, 0.2) is 107 Å². The molecule has 0 aliphatic carbocycles. The molecule has 0 atom stereocenters. The van der Waals surface area contributed by atoms with E-state index in [9.17, 15) is 18.7 Å². The molecule has 12 heteroatoms. The van der Waals surface area contributed by atoms with Gasteiger partial charge in [0, 0.05) is 32.5 Å². The normalized spacial score (nSPS) is 10.2. The molecule has 0 aliphatic heterocycles. The van der Waals surface area contributed by atoms with Crippen LogP contribution in [0.4, 0.5) is 32.3 Å². The van der Waals surface area contributed by atoms with E-state index in [2.05, 4.69) is 21.3 Å². The van der Waals surface area contributed by atoms with Gasteiger partial charge in [-0.2, -0.15) is 0 Å². The van der Waals surface area contributed by atoms with Crippen molar-refractivity contribution in [3.63, 3.8) is 0 Å². The van der Waals surface area contributed by atoms with Gasteiger partial charge in [-0.05, 0) is 59.7 Å². The third-order valence-electron chi connectivity index (χ3n) is 5.23. The molecule has 0 spiro atoms. The maximum Gasteiger partial charge on any atom is 1.00 e. The van der Waals surface area contributed by atoms with Gasteiger partial charge in [-0.15, -0.1) is 0 Å². The van der Waals surface area contributed by atoms with Crippen LogP contribution in [0.3, 0.4) is 0 Å². The number of carbonyl (C=O) groups is 2. The Morgan fingerprint density at radius 3 is 1.23 bits per heavy atom. The minimum absolute atomic E-state index is 0. The summed E-state index contributed by atoms with van der Waals surface area (Å²) in [6.45, 7) is 0. The van der Waals surface area contributed by atoms with Gasteiger partial charge in [0.1, 0.15) is 0 Å². The van der Waals surface area contributed by atoms with Crippen LogP contribution in [0.25, 0.3) is 12.2 Å². The Balaban J connectivity index is 0.00000280. The zero-order chi connectivity index (χ0) is 26.7. The summed E-state index contributed by atoms with van der Waals surface area (Å²) in [5.41, 5.74) is 3.49. The molecule has 0 aliphatic rings. The van der Waals surface area contributed by atoms with E-state index in [1.165, 1.54) is 0 Å². The standard InChI is InChI=1S/C28H24N4O4S2.2Na/c33-27(29-21-7-3-1-4-8-21)31-23-15-13-19(25(17-23)37-35)11-12-20-14-16-24(18-26(20)38-36)32-28(34)30-22-9-5-2-6-10-22;;/h1-18,35-36H,(H2,29,31,33)(H2,30,32,34);;/q;2*+1/p-2/b12-11+;;. The Bertz CT molecular complexity index is 1340. The van der Waals surface area contributed by atoms with Crippen molar-refractivity contribution in [2.45, 2.75) is 9.79 Å². The molecule has 0 fully saturated rings. The van der Waals surface area contributed by atoms with Gasteiger partial charge in [-0.1, -0.05) is 60.7 Å². The monoisotopic (exact) mass is 588 g/mol. The molecule has 0 heterocycles. The second-order valence-electron chi connectivity index (χ2n) is 7.90. The Morgan fingerprint density at radius 1 is 0.525 bits per heavy atom. The molecule has 0 unspecified atom stereocenters. The number of nitrogens with one attached hydrogen (secondary N) is 4. The van der Waals surface area contributed by atoms with E-state index in [0.717, 1.165) is 0 Å². The summed E-state index contributed by atoms with van der Waals surface area (Å²) in [7, 11) is 0. The Labute approximate surface area is 285 Å². The van der Waals surface area contributed by atoms with Gasteiger partial charge in [-0.25, -0.2) is 33.7 Å². The zero-order valence-corrected chi connectivity index (χ0v) is 27.5. The number of urea groups is 2. The van der Waals surface area contributed by atoms with Crippen LogP contribution < -0.4 is 80.4 Å². The molecule has 4 amide bonds. The first-order valence-corrected chi connectivity index (χ1v) is 12.8. The van der Waals surface area contributed by atoms with Crippen molar-refractivity contribution in [2.24, 2.45) is 0 Å². The fourth-order valence-electron chi connectivity index (χ4n) is 3.45. The molecule has 4 N–H and O–H groups in total. The molecule has 40 heavy (non-hydrogen) atoms. The van der Waals surface area contributed by atoms with Gasteiger partial charge in [0.15, 0.2) is 0 Å². The quantitative estimate of drug-likeness (QED) is 0.141. The van der Waals surface area contributed by atoms with Crippen LogP contribution in [0, 0.1) is 0 Å². The van der Waals surface area contributed by atoms with Crippen molar-refractivity contribution in [2.75, 3.05) is 21.3 Å². The van der Waals surface area contributed by atoms with E-state index in [4.69, 9.17) is 0 Å². The summed E-state index contributed by atoms with van der Waals surface area (Å²) < 4.78 is 23.5. The van der Waals surface area contributed by atoms with Crippen LogP contribution in [-0.2, 0) is 0 Å². The molecule has 0 bridgehead atoms. The topological polar surface area (TPSA) is 128 Å². The fraction of sp³-hybridized carbons (Fsp3) is 0. The van der Waals surface area contributed by atoms with Gasteiger partial charge in [0.05, 0.1) is 0 Å². The zero-order valence-electron chi connectivity index (χ0n) is 21.8. The predicted octanol–water partition coefficient (Wildman–Crippen LogP) is 1.60. The molecule has 0 saturated carbocycles. The number of rotatable bonds is 8. The number of amides is 4. The average molecular weight is 589 g/mol. The van der Waals surface area contributed by atoms with Crippen molar-refractivity contribution >= 4 is 71.0 Å². The summed E-state index contributed by atoms with van der Waals surface area (Å²) in [6, 6.07) is 27.1. The molecule has 0 aromatic heterocycles.